The summed E-state index contributed by atoms with van der Waals surface area (Å²) in [6.07, 6.45) is 2.00. The standard InChI is InChI=1S/C19H15FN4O2/c20-14-6-8-15(9-7-14)24-18-16(10-22-24)19(26)23(12-21-18)11-17(25)13-4-2-1-3-5-13/h1-10,12,17,25H,11H2. The van der Waals surface area contributed by atoms with Gasteiger partial charge in [-0.25, -0.2) is 14.1 Å². The first kappa shape index (κ1) is 16.2. The minimum atomic E-state index is -0.819. The number of rotatable bonds is 4. The molecule has 1 atom stereocenters. The fourth-order valence-corrected chi connectivity index (χ4v) is 2.82. The Hall–Kier alpha value is -3.32. The Balaban J connectivity index is 1.70. The van der Waals surface area contributed by atoms with E-state index in [1.807, 2.05) is 18.2 Å². The first-order chi connectivity index (χ1) is 12.6. The number of nitrogens with zero attached hydrogens (tertiary/aromatic N) is 4. The molecule has 0 saturated carbocycles. The smallest absolute Gasteiger partial charge is 0.264 e. The second kappa shape index (κ2) is 6.53. The predicted octanol–water partition coefficient (Wildman–Crippen LogP) is 2.45. The molecule has 4 rings (SSSR count). The van der Waals surface area contributed by atoms with Gasteiger partial charge in [-0.05, 0) is 29.8 Å². The van der Waals surface area contributed by atoms with E-state index in [0.717, 1.165) is 5.56 Å². The predicted molar refractivity (Wildman–Crippen MR) is 94.5 cm³/mol. The number of fused-ring (bicyclic) bond motifs is 1. The van der Waals surface area contributed by atoms with Crippen LogP contribution in [0.15, 0.2) is 71.9 Å². The summed E-state index contributed by atoms with van der Waals surface area (Å²) in [5, 5.41) is 14.9. The lowest BCUT2D eigenvalue weighted by Gasteiger charge is -2.12. The van der Waals surface area contributed by atoms with Crippen molar-refractivity contribution in [1.82, 2.24) is 19.3 Å². The van der Waals surface area contributed by atoms with E-state index in [1.165, 1.54) is 33.9 Å². The van der Waals surface area contributed by atoms with E-state index < -0.39 is 6.10 Å². The minimum Gasteiger partial charge on any atom is -0.387 e. The molecule has 130 valence electrons. The molecule has 26 heavy (non-hydrogen) atoms. The monoisotopic (exact) mass is 350 g/mol. The summed E-state index contributed by atoms with van der Waals surface area (Å²) < 4.78 is 15.9. The average molecular weight is 350 g/mol. The lowest BCUT2D eigenvalue weighted by molar-refractivity contribution is 0.155. The van der Waals surface area contributed by atoms with Gasteiger partial charge in [0.15, 0.2) is 5.65 Å². The number of hydrogen-bond acceptors (Lipinski definition) is 4. The third-order valence-electron chi connectivity index (χ3n) is 4.18. The van der Waals surface area contributed by atoms with E-state index in [2.05, 4.69) is 10.1 Å². The fourth-order valence-electron chi connectivity index (χ4n) is 2.82. The highest BCUT2D eigenvalue weighted by Crippen LogP contribution is 2.16. The van der Waals surface area contributed by atoms with Gasteiger partial charge < -0.3 is 5.11 Å². The molecule has 0 spiro atoms. The van der Waals surface area contributed by atoms with E-state index >= 15 is 0 Å². The summed E-state index contributed by atoms with van der Waals surface area (Å²) in [5.41, 5.74) is 1.42. The summed E-state index contributed by atoms with van der Waals surface area (Å²) in [6, 6.07) is 14.9. The number of hydrogen-bond donors (Lipinski definition) is 1. The molecule has 0 bridgehead atoms. The zero-order valence-electron chi connectivity index (χ0n) is 13.7. The molecule has 1 N–H and O–H groups in total. The van der Waals surface area contributed by atoms with Crippen LogP contribution in [0.5, 0.6) is 0 Å². The molecule has 6 nitrogen and oxygen atoms in total. The van der Waals surface area contributed by atoms with Gasteiger partial charge in [0, 0.05) is 0 Å². The van der Waals surface area contributed by atoms with Gasteiger partial charge in [0.05, 0.1) is 24.5 Å². The molecule has 4 aromatic rings. The first-order valence-corrected chi connectivity index (χ1v) is 8.05. The Morgan fingerprint density at radius 2 is 1.81 bits per heavy atom. The van der Waals surface area contributed by atoms with E-state index in [0.29, 0.717) is 16.7 Å². The molecule has 0 fully saturated rings. The van der Waals surface area contributed by atoms with Crippen LogP contribution in [0.4, 0.5) is 4.39 Å². The van der Waals surface area contributed by atoms with Crippen molar-refractivity contribution in [2.24, 2.45) is 0 Å². The molecule has 0 saturated heterocycles. The van der Waals surface area contributed by atoms with Gasteiger partial charge in [0.2, 0.25) is 0 Å². The van der Waals surface area contributed by atoms with Crippen LogP contribution in [0.2, 0.25) is 0 Å². The number of halogens is 1. The van der Waals surface area contributed by atoms with Crippen LogP contribution < -0.4 is 5.56 Å². The van der Waals surface area contributed by atoms with Crippen LogP contribution in [-0.4, -0.2) is 24.4 Å². The van der Waals surface area contributed by atoms with Crippen LogP contribution in [0, 0.1) is 5.82 Å². The quantitative estimate of drug-likeness (QED) is 0.614. The van der Waals surface area contributed by atoms with Crippen molar-refractivity contribution >= 4 is 11.0 Å². The molecule has 0 aliphatic rings. The van der Waals surface area contributed by atoms with Gasteiger partial charge in [0.25, 0.3) is 5.56 Å². The van der Waals surface area contributed by atoms with Gasteiger partial charge in [-0.2, -0.15) is 5.10 Å². The van der Waals surface area contributed by atoms with Crippen LogP contribution in [0.3, 0.4) is 0 Å². The summed E-state index contributed by atoms with van der Waals surface area (Å²) in [6.45, 7) is 0.0908. The summed E-state index contributed by atoms with van der Waals surface area (Å²) in [7, 11) is 0. The highest BCUT2D eigenvalue weighted by molar-refractivity contribution is 5.74. The molecule has 7 heteroatoms. The Kier molecular flexibility index (Phi) is 4.06. The second-order valence-electron chi connectivity index (χ2n) is 5.90. The van der Waals surface area contributed by atoms with Crippen molar-refractivity contribution in [1.29, 1.82) is 0 Å². The Morgan fingerprint density at radius 1 is 1.08 bits per heavy atom. The van der Waals surface area contributed by atoms with Gasteiger partial charge in [-0.1, -0.05) is 30.3 Å². The van der Waals surface area contributed by atoms with Crippen molar-refractivity contribution in [2.75, 3.05) is 0 Å². The highest BCUT2D eigenvalue weighted by Gasteiger charge is 2.14. The van der Waals surface area contributed by atoms with Gasteiger partial charge in [0.1, 0.15) is 17.5 Å². The molecular weight excluding hydrogens is 335 g/mol. The molecular formula is C19H15FN4O2. The normalized spacial score (nSPS) is 12.4. The van der Waals surface area contributed by atoms with Gasteiger partial charge >= 0.3 is 0 Å². The Bertz CT molecular complexity index is 1100. The topological polar surface area (TPSA) is 72.9 Å². The molecule has 1 unspecified atom stereocenters. The summed E-state index contributed by atoms with van der Waals surface area (Å²) in [5.74, 6) is -0.351. The molecule has 0 amide bonds. The van der Waals surface area contributed by atoms with E-state index in [1.54, 1.807) is 24.3 Å². The minimum absolute atomic E-state index is 0.0908. The van der Waals surface area contributed by atoms with E-state index in [4.69, 9.17) is 0 Å². The maximum atomic E-state index is 13.1. The lowest BCUT2D eigenvalue weighted by Crippen LogP contribution is -2.23. The Labute approximate surface area is 147 Å². The second-order valence-corrected chi connectivity index (χ2v) is 5.90. The zero-order valence-corrected chi connectivity index (χ0v) is 13.7. The van der Waals surface area contributed by atoms with Crippen molar-refractivity contribution in [3.63, 3.8) is 0 Å². The van der Waals surface area contributed by atoms with Crippen molar-refractivity contribution in [3.8, 4) is 5.69 Å². The number of aliphatic hydroxyl groups is 1. The number of benzene rings is 2. The number of aliphatic hydroxyl groups excluding tert-OH is 1. The third kappa shape index (κ3) is 2.89. The zero-order chi connectivity index (χ0) is 18.1. The van der Waals surface area contributed by atoms with Gasteiger partial charge in [-0.15, -0.1) is 0 Å². The van der Waals surface area contributed by atoms with Crippen molar-refractivity contribution in [2.45, 2.75) is 12.6 Å². The first-order valence-electron chi connectivity index (χ1n) is 8.05. The SMILES string of the molecule is O=c1c2cnn(-c3ccc(F)cc3)c2ncn1CC(O)c1ccccc1. The van der Waals surface area contributed by atoms with Crippen LogP contribution in [0.25, 0.3) is 16.7 Å². The molecule has 0 aliphatic carbocycles. The fraction of sp³-hybridized carbons (Fsp3) is 0.105. The van der Waals surface area contributed by atoms with Crippen LogP contribution in [0.1, 0.15) is 11.7 Å². The molecule has 2 aromatic heterocycles. The van der Waals surface area contributed by atoms with Crippen molar-refractivity contribution < 1.29 is 9.50 Å². The van der Waals surface area contributed by atoms with Crippen LogP contribution >= 0.6 is 0 Å². The van der Waals surface area contributed by atoms with E-state index in [-0.39, 0.29) is 17.9 Å². The lowest BCUT2D eigenvalue weighted by atomic mass is 10.1. The molecule has 0 radical (unpaired) electrons. The van der Waals surface area contributed by atoms with Gasteiger partial charge in [-0.3, -0.25) is 9.36 Å². The maximum Gasteiger partial charge on any atom is 0.264 e. The van der Waals surface area contributed by atoms with Crippen LogP contribution in [-0.2, 0) is 6.54 Å². The Morgan fingerprint density at radius 3 is 2.54 bits per heavy atom. The van der Waals surface area contributed by atoms with Crippen molar-refractivity contribution in [3.05, 3.63) is 88.9 Å². The molecule has 0 aliphatic heterocycles. The largest absolute Gasteiger partial charge is 0.387 e. The third-order valence-corrected chi connectivity index (χ3v) is 4.18. The average Bonchev–Trinajstić information content (AvgIpc) is 3.10. The molecule has 2 heterocycles. The summed E-state index contributed by atoms with van der Waals surface area (Å²) >= 11 is 0. The maximum absolute atomic E-state index is 13.1. The van der Waals surface area contributed by atoms with E-state index in [9.17, 15) is 14.3 Å². The summed E-state index contributed by atoms with van der Waals surface area (Å²) in [4.78, 5) is 17.0. The highest BCUT2D eigenvalue weighted by atomic mass is 19.1. The molecule has 2 aromatic carbocycles. The number of aromatic nitrogens is 4.